The van der Waals surface area contributed by atoms with Gasteiger partial charge in [-0.1, -0.05) is 6.07 Å². The van der Waals surface area contributed by atoms with Crippen LogP contribution in [0.4, 0.5) is 0 Å². The molecule has 1 aromatic carbocycles. The fraction of sp³-hybridized carbons (Fsp3) is 0.533. The quantitative estimate of drug-likeness (QED) is 0.688. The largest absolute Gasteiger partial charge is 0.494 e. The van der Waals surface area contributed by atoms with Crippen molar-refractivity contribution in [2.24, 2.45) is 0 Å². The third-order valence-electron chi connectivity index (χ3n) is 3.30. The number of hydrogen-bond donors (Lipinski definition) is 0. The van der Waals surface area contributed by atoms with E-state index in [9.17, 15) is 8.42 Å². The van der Waals surface area contributed by atoms with Crippen LogP contribution in [0.5, 0.6) is 5.75 Å². The smallest absolute Gasteiger partial charge is 0.175 e. The lowest BCUT2D eigenvalue weighted by molar-refractivity contribution is 0.226. The van der Waals surface area contributed by atoms with Crippen molar-refractivity contribution in [3.05, 3.63) is 24.3 Å². The first-order valence-corrected chi connectivity index (χ1v) is 8.74. The molecular weight excluding hydrogens is 288 g/mol. The molecule has 1 atom stereocenters. The van der Waals surface area contributed by atoms with Gasteiger partial charge in [-0.2, -0.15) is 5.26 Å². The second-order valence-electron chi connectivity index (χ2n) is 5.14. The molecule has 0 unspecified atom stereocenters. The van der Waals surface area contributed by atoms with Gasteiger partial charge in [0.1, 0.15) is 5.75 Å². The van der Waals surface area contributed by atoms with Crippen molar-refractivity contribution >= 4 is 9.84 Å². The van der Waals surface area contributed by atoms with Crippen LogP contribution in [-0.2, 0) is 9.84 Å². The minimum atomic E-state index is -3.21. The molecule has 0 amide bonds. The van der Waals surface area contributed by atoms with E-state index in [1.165, 1.54) is 12.3 Å². The van der Waals surface area contributed by atoms with E-state index in [4.69, 9.17) is 10.00 Å². The molecule has 116 valence electrons. The van der Waals surface area contributed by atoms with Crippen LogP contribution >= 0.6 is 0 Å². The second kappa shape index (κ2) is 8.01. The van der Waals surface area contributed by atoms with Gasteiger partial charge in [0.05, 0.1) is 24.0 Å². The highest BCUT2D eigenvalue weighted by atomic mass is 32.2. The van der Waals surface area contributed by atoms with Gasteiger partial charge in [0.2, 0.25) is 0 Å². The summed E-state index contributed by atoms with van der Waals surface area (Å²) in [6.45, 7) is 3.35. The van der Waals surface area contributed by atoms with Crippen molar-refractivity contribution in [3.63, 3.8) is 0 Å². The maximum Gasteiger partial charge on any atom is 0.175 e. The summed E-state index contributed by atoms with van der Waals surface area (Å²) in [4.78, 5) is 2.37. The lowest BCUT2D eigenvalue weighted by Gasteiger charge is -2.22. The summed E-state index contributed by atoms with van der Waals surface area (Å²) in [6.07, 6.45) is 2.50. The van der Waals surface area contributed by atoms with Gasteiger partial charge >= 0.3 is 0 Å². The Hall–Kier alpha value is -1.58. The molecule has 0 N–H and O–H groups in total. The number of nitriles is 1. The summed E-state index contributed by atoms with van der Waals surface area (Å²) in [5.41, 5.74) is 0. The number of benzene rings is 1. The van der Waals surface area contributed by atoms with Crippen LogP contribution in [0.3, 0.4) is 0 Å². The van der Waals surface area contributed by atoms with Crippen molar-refractivity contribution in [3.8, 4) is 11.8 Å². The number of ether oxygens (including phenoxy) is 1. The van der Waals surface area contributed by atoms with Crippen molar-refractivity contribution in [2.75, 3.05) is 26.5 Å². The molecule has 5 nitrogen and oxygen atoms in total. The first-order chi connectivity index (χ1) is 9.84. The normalized spacial score (nSPS) is 12.9. The topological polar surface area (TPSA) is 70.4 Å². The fourth-order valence-corrected chi connectivity index (χ4v) is 2.46. The first-order valence-electron chi connectivity index (χ1n) is 6.84. The highest BCUT2D eigenvalue weighted by Gasteiger charge is 2.09. The fourth-order valence-electron chi connectivity index (χ4n) is 1.81. The highest BCUT2D eigenvalue weighted by molar-refractivity contribution is 7.90. The standard InChI is InChI=1S/C15H22N2O3S/c1-13(8-9-16)17(2)10-5-11-20-14-6-4-7-15(12-14)21(3,18)19/h4,6-7,12-13H,5,8,10-11H2,1-3H3/t13-/m0/s1. The van der Waals surface area contributed by atoms with Crippen LogP contribution < -0.4 is 4.74 Å². The Balaban J connectivity index is 2.42. The minimum absolute atomic E-state index is 0.226. The van der Waals surface area contributed by atoms with Crippen molar-refractivity contribution in [1.82, 2.24) is 4.90 Å². The van der Waals surface area contributed by atoms with Crippen LogP contribution in [0.2, 0.25) is 0 Å². The summed E-state index contributed by atoms with van der Waals surface area (Å²) in [5, 5.41) is 8.65. The average Bonchev–Trinajstić information content (AvgIpc) is 2.43. The van der Waals surface area contributed by atoms with Gasteiger partial charge in [0.25, 0.3) is 0 Å². The Labute approximate surface area is 127 Å². The maximum atomic E-state index is 11.5. The number of sulfone groups is 1. The van der Waals surface area contributed by atoms with Crippen LogP contribution in [-0.4, -0.2) is 45.8 Å². The molecule has 0 aliphatic heterocycles. The molecule has 0 radical (unpaired) electrons. The van der Waals surface area contributed by atoms with Gasteiger partial charge in [-0.05, 0) is 38.6 Å². The van der Waals surface area contributed by atoms with E-state index in [0.29, 0.717) is 18.8 Å². The van der Waals surface area contributed by atoms with Crippen LogP contribution in [0.15, 0.2) is 29.2 Å². The predicted molar refractivity (Wildman–Crippen MR) is 82.0 cm³/mol. The van der Waals surface area contributed by atoms with E-state index < -0.39 is 9.84 Å². The summed E-state index contributed by atoms with van der Waals surface area (Å²) >= 11 is 0. The molecule has 1 rings (SSSR count). The van der Waals surface area contributed by atoms with Gasteiger partial charge < -0.3 is 9.64 Å². The zero-order valence-electron chi connectivity index (χ0n) is 12.7. The number of nitrogens with zero attached hydrogens (tertiary/aromatic N) is 2. The van der Waals surface area contributed by atoms with Crippen LogP contribution in [0, 0.1) is 11.3 Å². The molecule has 0 bridgehead atoms. The molecule has 0 aromatic heterocycles. The third-order valence-corrected chi connectivity index (χ3v) is 4.41. The lowest BCUT2D eigenvalue weighted by atomic mass is 10.2. The predicted octanol–water partition coefficient (Wildman–Crippen LogP) is 2.09. The summed E-state index contributed by atoms with van der Waals surface area (Å²) in [6, 6.07) is 8.90. The van der Waals surface area contributed by atoms with Gasteiger partial charge in [-0.3, -0.25) is 0 Å². The number of hydrogen-bond acceptors (Lipinski definition) is 5. The Bertz CT molecular complexity index is 593. The zero-order valence-corrected chi connectivity index (χ0v) is 13.6. The van der Waals surface area contributed by atoms with Crippen LogP contribution in [0.25, 0.3) is 0 Å². The van der Waals surface area contributed by atoms with E-state index in [-0.39, 0.29) is 10.9 Å². The van der Waals surface area contributed by atoms with E-state index in [1.54, 1.807) is 18.2 Å². The summed E-state index contributed by atoms with van der Waals surface area (Å²) < 4.78 is 28.5. The van der Waals surface area contributed by atoms with Crippen molar-refractivity contribution in [1.29, 1.82) is 5.26 Å². The first kappa shape index (κ1) is 17.5. The summed E-state index contributed by atoms with van der Waals surface area (Å²) in [7, 11) is -1.23. The molecule has 0 saturated heterocycles. The molecule has 0 aliphatic rings. The van der Waals surface area contributed by atoms with Gasteiger partial charge in [-0.15, -0.1) is 0 Å². The maximum absolute atomic E-state index is 11.5. The Morgan fingerprint density at radius 3 is 2.76 bits per heavy atom. The Kier molecular flexibility index (Phi) is 6.66. The minimum Gasteiger partial charge on any atom is -0.494 e. The van der Waals surface area contributed by atoms with E-state index in [1.807, 2.05) is 14.0 Å². The third kappa shape index (κ3) is 6.15. The molecule has 0 spiro atoms. The van der Waals surface area contributed by atoms with Crippen molar-refractivity contribution in [2.45, 2.75) is 30.7 Å². The Morgan fingerprint density at radius 1 is 1.43 bits per heavy atom. The molecule has 0 heterocycles. The SMILES string of the molecule is C[C@@H](CC#N)N(C)CCCOc1cccc(S(C)(=O)=O)c1. The monoisotopic (exact) mass is 310 g/mol. The average molecular weight is 310 g/mol. The molecule has 21 heavy (non-hydrogen) atoms. The van der Waals surface area contributed by atoms with E-state index in [2.05, 4.69) is 11.0 Å². The molecule has 0 fully saturated rings. The molecule has 0 saturated carbocycles. The zero-order chi connectivity index (χ0) is 15.9. The molecule has 6 heteroatoms. The van der Waals surface area contributed by atoms with Crippen molar-refractivity contribution < 1.29 is 13.2 Å². The van der Waals surface area contributed by atoms with Crippen LogP contribution in [0.1, 0.15) is 19.8 Å². The number of rotatable bonds is 8. The summed E-state index contributed by atoms with van der Waals surface area (Å²) in [5.74, 6) is 0.561. The van der Waals surface area contributed by atoms with Gasteiger partial charge in [0.15, 0.2) is 9.84 Å². The second-order valence-corrected chi connectivity index (χ2v) is 7.16. The lowest BCUT2D eigenvalue weighted by Crippen LogP contribution is -2.30. The molecular formula is C15H22N2O3S. The van der Waals surface area contributed by atoms with E-state index >= 15 is 0 Å². The molecule has 0 aliphatic carbocycles. The highest BCUT2D eigenvalue weighted by Crippen LogP contribution is 2.17. The molecule has 1 aromatic rings. The van der Waals surface area contributed by atoms with E-state index in [0.717, 1.165) is 13.0 Å². The van der Waals surface area contributed by atoms with Gasteiger partial charge in [0, 0.05) is 18.8 Å². The Morgan fingerprint density at radius 2 is 2.14 bits per heavy atom. The van der Waals surface area contributed by atoms with Gasteiger partial charge in [-0.25, -0.2) is 8.42 Å².